The van der Waals surface area contributed by atoms with E-state index >= 15 is 0 Å². The van der Waals surface area contributed by atoms with Crippen LogP contribution in [0.3, 0.4) is 0 Å². The van der Waals surface area contributed by atoms with E-state index in [1.165, 1.54) is 0 Å². The zero-order chi connectivity index (χ0) is 24.3. The van der Waals surface area contributed by atoms with Crippen LogP contribution in [0.2, 0.25) is 0 Å². The van der Waals surface area contributed by atoms with Crippen LogP contribution in [0.25, 0.3) is 0 Å². The second-order valence-electron chi connectivity index (χ2n) is 12.7. The molecule has 8 atom stereocenters. The molecule has 0 amide bonds. The molecule has 0 spiro atoms. The topological polar surface area (TPSA) is 94.8 Å². The number of aliphatic hydroxyl groups excluding tert-OH is 1. The van der Waals surface area contributed by atoms with E-state index in [2.05, 4.69) is 27.7 Å². The van der Waals surface area contributed by atoms with E-state index in [4.69, 9.17) is 0 Å². The van der Waals surface area contributed by atoms with Crippen molar-refractivity contribution < 1.29 is 24.9 Å². The van der Waals surface area contributed by atoms with Crippen molar-refractivity contribution in [1.82, 2.24) is 0 Å². The van der Waals surface area contributed by atoms with E-state index in [0.717, 1.165) is 37.7 Å². The highest BCUT2D eigenvalue weighted by atomic mass is 16.3. The van der Waals surface area contributed by atoms with Crippen LogP contribution >= 0.6 is 0 Å². The molecule has 0 aromatic heterocycles. The largest absolute Gasteiger partial charge is 0.504 e. The van der Waals surface area contributed by atoms with Crippen molar-refractivity contribution in [2.24, 2.45) is 34.0 Å². The minimum Gasteiger partial charge on any atom is -0.504 e. The van der Waals surface area contributed by atoms with Gasteiger partial charge in [0, 0.05) is 28.9 Å². The highest BCUT2D eigenvalue weighted by Crippen LogP contribution is 2.74. The Kier molecular flexibility index (Phi) is 4.59. The lowest BCUT2D eigenvalue weighted by Crippen LogP contribution is -2.68. The summed E-state index contributed by atoms with van der Waals surface area (Å²) in [5, 5.41) is 31.8. The number of benzene rings is 1. The average molecular weight is 455 g/mol. The normalized spacial score (nSPS) is 46.8. The maximum absolute atomic E-state index is 13.5. The van der Waals surface area contributed by atoms with E-state index in [-0.39, 0.29) is 57.1 Å². The quantitative estimate of drug-likeness (QED) is 0.476. The zero-order valence-electron chi connectivity index (χ0n) is 20.8. The fraction of sp³-hybridized carbons (Fsp3) is 0.714. The molecule has 180 valence electrons. The summed E-state index contributed by atoms with van der Waals surface area (Å²) in [6.45, 7) is 12.7. The molecule has 4 aliphatic rings. The van der Waals surface area contributed by atoms with E-state index < -0.39 is 11.5 Å². The summed E-state index contributed by atoms with van der Waals surface area (Å²) in [6, 6.07) is 1.63. The van der Waals surface area contributed by atoms with Gasteiger partial charge in [0.1, 0.15) is 6.10 Å². The summed E-state index contributed by atoms with van der Waals surface area (Å²) in [5.41, 5.74) is 0.986. The van der Waals surface area contributed by atoms with Crippen molar-refractivity contribution in [3.05, 3.63) is 22.8 Å². The van der Waals surface area contributed by atoms with Gasteiger partial charge in [-0.3, -0.25) is 9.59 Å². The summed E-state index contributed by atoms with van der Waals surface area (Å²) in [6.07, 6.45) is 3.76. The Morgan fingerprint density at radius 1 is 0.939 bits per heavy atom. The van der Waals surface area contributed by atoms with Gasteiger partial charge in [0.05, 0.1) is 0 Å². The number of carbonyl (C=O) groups excluding carboxylic acids is 2. The molecule has 0 heterocycles. The fourth-order valence-corrected chi connectivity index (χ4v) is 9.12. The number of rotatable bonds is 0. The van der Waals surface area contributed by atoms with E-state index in [1.807, 2.05) is 6.92 Å². The second kappa shape index (κ2) is 6.62. The van der Waals surface area contributed by atoms with Gasteiger partial charge in [0.15, 0.2) is 23.1 Å². The van der Waals surface area contributed by atoms with Crippen LogP contribution in [0.4, 0.5) is 0 Å². The standard InChI is InChI=1S/C28H38O5/c1-14-11-19-26(4,24(33)22(14)31)8-10-28(6)20-13-17(29)21-15(2)23(32)18(30)12-16(21)25(20,3)7-9-27(19,28)5/h12,14,19-20,24,30,32-33H,7-11,13H2,1-6H3. The average Bonchev–Trinajstić information content (AvgIpc) is 2.76. The van der Waals surface area contributed by atoms with Gasteiger partial charge in [0.25, 0.3) is 0 Å². The minimum absolute atomic E-state index is 0.0193. The Bertz CT molecular complexity index is 1080. The molecule has 0 aliphatic heterocycles. The lowest BCUT2D eigenvalue weighted by atomic mass is 9.33. The van der Waals surface area contributed by atoms with Gasteiger partial charge in [-0.15, -0.1) is 0 Å². The first-order valence-corrected chi connectivity index (χ1v) is 12.5. The minimum atomic E-state index is -0.919. The van der Waals surface area contributed by atoms with Gasteiger partial charge in [0.2, 0.25) is 0 Å². The van der Waals surface area contributed by atoms with Crippen molar-refractivity contribution >= 4 is 11.6 Å². The van der Waals surface area contributed by atoms with Gasteiger partial charge in [-0.25, -0.2) is 0 Å². The molecule has 3 fully saturated rings. The number of ketones is 2. The highest BCUT2D eigenvalue weighted by Gasteiger charge is 2.70. The lowest BCUT2D eigenvalue weighted by molar-refractivity contribution is -0.222. The number of Topliss-reactive ketones (excluding diaryl/α,β-unsaturated/α-hetero) is 2. The first-order valence-electron chi connectivity index (χ1n) is 12.5. The SMILES string of the molecule is Cc1c(O)c(O)cc2c1C(=O)CC1C2(C)CCC2(C)C3CC(C)C(=O)C(O)C3(C)CCC12C. The number of hydrogen-bond donors (Lipinski definition) is 3. The Hall–Kier alpha value is -1.88. The van der Waals surface area contributed by atoms with E-state index in [9.17, 15) is 24.9 Å². The highest BCUT2D eigenvalue weighted by molar-refractivity contribution is 6.02. The summed E-state index contributed by atoms with van der Waals surface area (Å²) >= 11 is 0. The zero-order valence-corrected chi connectivity index (χ0v) is 20.8. The number of phenols is 2. The summed E-state index contributed by atoms with van der Waals surface area (Å²) < 4.78 is 0. The maximum Gasteiger partial charge on any atom is 0.164 e. The smallest absolute Gasteiger partial charge is 0.164 e. The van der Waals surface area contributed by atoms with E-state index in [1.54, 1.807) is 13.0 Å². The van der Waals surface area contributed by atoms with Crippen LogP contribution in [-0.4, -0.2) is 33.0 Å². The predicted molar refractivity (Wildman–Crippen MR) is 125 cm³/mol. The molecule has 4 aliphatic carbocycles. The summed E-state index contributed by atoms with van der Waals surface area (Å²) in [7, 11) is 0. The Morgan fingerprint density at radius 2 is 1.55 bits per heavy atom. The summed E-state index contributed by atoms with van der Waals surface area (Å²) in [4.78, 5) is 26.2. The Morgan fingerprint density at radius 3 is 2.21 bits per heavy atom. The monoisotopic (exact) mass is 454 g/mol. The fourth-order valence-electron chi connectivity index (χ4n) is 9.12. The van der Waals surface area contributed by atoms with Gasteiger partial charge in [-0.05, 0) is 78.7 Å². The third-order valence-electron chi connectivity index (χ3n) is 11.5. The molecular weight excluding hydrogens is 416 g/mol. The van der Waals surface area contributed by atoms with Gasteiger partial charge < -0.3 is 15.3 Å². The molecule has 5 heteroatoms. The molecule has 0 saturated heterocycles. The van der Waals surface area contributed by atoms with Crippen molar-refractivity contribution in [3.63, 3.8) is 0 Å². The second-order valence-corrected chi connectivity index (χ2v) is 12.7. The van der Waals surface area contributed by atoms with Crippen molar-refractivity contribution in [2.75, 3.05) is 0 Å². The third kappa shape index (κ3) is 2.53. The molecule has 3 N–H and O–H groups in total. The molecule has 1 aromatic rings. The van der Waals surface area contributed by atoms with E-state index in [0.29, 0.717) is 17.5 Å². The van der Waals surface area contributed by atoms with Crippen LogP contribution in [-0.2, 0) is 10.2 Å². The van der Waals surface area contributed by atoms with Gasteiger partial charge >= 0.3 is 0 Å². The number of carbonyl (C=O) groups is 2. The number of aliphatic hydroxyl groups is 1. The van der Waals surface area contributed by atoms with Crippen molar-refractivity contribution in [2.45, 2.75) is 91.6 Å². The number of fused-ring (bicyclic) bond motifs is 7. The third-order valence-corrected chi connectivity index (χ3v) is 11.5. The molecule has 1 aromatic carbocycles. The molecule has 3 saturated carbocycles. The molecule has 8 unspecified atom stereocenters. The molecular formula is C28H38O5. The Balaban J connectivity index is 1.66. The first-order chi connectivity index (χ1) is 15.2. The van der Waals surface area contributed by atoms with Crippen LogP contribution in [0.15, 0.2) is 6.07 Å². The van der Waals surface area contributed by atoms with Crippen LogP contribution in [0.5, 0.6) is 11.5 Å². The Labute approximate surface area is 196 Å². The molecule has 0 radical (unpaired) electrons. The van der Waals surface area contributed by atoms with Gasteiger partial charge in [-0.1, -0.05) is 34.6 Å². The number of aromatic hydroxyl groups is 2. The van der Waals surface area contributed by atoms with Crippen LogP contribution in [0, 0.1) is 40.9 Å². The number of phenolic OH excluding ortho intramolecular Hbond substituents is 2. The van der Waals surface area contributed by atoms with Crippen molar-refractivity contribution in [1.29, 1.82) is 0 Å². The van der Waals surface area contributed by atoms with Crippen LogP contribution < -0.4 is 0 Å². The molecule has 5 nitrogen and oxygen atoms in total. The number of hydrogen-bond acceptors (Lipinski definition) is 5. The lowest BCUT2D eigenvalue weighted by Gasteiger charge is -2.71. The maximum atomic E-state index is 13.5. The van der Waals surface area contributed by atoms with Crippen LogP contribution in [0.1, 0.15) is 94.6 Å². The predicted octanol–water partition coefficient (Wildman–Crippen LogP) is 5.06. The van der Waals surface area contributed by atoms with Crippen molar-refractivity contribution in [3.8, 4) is 11.5 Å². The molecule has 5 rings (SSSR count). The van der Waals surface area contributed by atoms with Gasteiger partial charge in [-0.2, -0.15) is 0 Å². The molecule has 33 heavy (non-hydrogen) atoms. The molecule has 0 bridgehead atoms. The summed E-state index contributed by atoms with van der Waals surface area (Å²) in [5.74, 6) is -0.163. The first kappa shape index (κ1) is 22.9.